The minimum absolute atomic E-state index is 0.102. The Labute approximate surface area is 206 Å². The van der Waals surface area contributed by atoms with E-state index in [-0.39, 0.29) is 23.2 Å². The summed E-state index contributed by atoms with van der Waals surface area (Å²) in [5.41, 5.74) is 2.52. The highest BCUT2D eigenvalue weighted by atomic mass is 32.1. The van der Waals surface area contributed by atoms with E-state index in [2.05, 4.69) is 25.9 Å². The van der Waals surface area contributed by atoms with Crippen LogP contribution >= 0.6 is 11.3 Å². The van der Waals surface area contributed by atoms with Crippen molar-refractivity contribution in [2.75, 3.05) is 17.7 Å². The number of carbonyl (C=O) groups excluding carboxylic acids is 2. The number of rotatable bonds is 8. The SMILES string of the molecule is [B]C([B])([B])NC(=O)c1cnc(NC(=O)C(C)C)cc1Nc1cccc(-c2csc(C)n2)c1OC. The molecule has 0 bridgehead atoms. The Hall–Kier alpha value is -3.27. The molecular formula is C22H22B3N5O3S. The average molecular weight is 469 g/mol. The first-order valence-corrected chi connectivity index (χ1v) is 11.2. The predicted octanol–water partition coefficient (Wildman–Crippen LogP) is 2.71. The fourth-order valence-corrected chi connectivity index (χ4v) is 3.64. The molecule has 0 aliphatic rings. The van der Waals surface area contributed by atoms with Crippen LogP contribution in [-0.4, -0.2) is 57.7 Å². The number of aromatic nitrogens is 2. The van der Waals surface area contributed by atoms with Crippen molar-refractivity contribution in [2.45, 2.75) is 26.0 Å². The number of hydrogen-bond acceptors (Lipinski definition) is 7. The molecule has 0 fully saturated rings. The average Bonchev–Trinajstić information content (AvgIpc) is 3.18. The first-order chi connectivity index (χ1) is 16.0. The lowest BCUT2D eigenvalue weighted by atomic mass is 9.49. The quantitative estimate of drug-likeness (QED) is 0.439. The van der Waals surface area contributed by atoms with Gasteiger partial charge in [0.2, 0.25) is 5.91 Å². The maximum absolute atomic E-state index is 12.8. The maximum Gasteiger partial charge on any atom is 0.253 e. The van der Waals surface area contributed by atoms with E-state index >= 15 is 0 Å². The van der Waals surface area contributed by atoms with E-state index in [1.54, 1.807) is 27.0 Å². The van der Waals surface area contributed by atoms with Crippen LogP contribution in [0.25, 0.3) is 11.3 Å². The molecule has 0 spiro atoms. The topological polar surface area (TPSA) is 105 Å². The summed E-state index contributed by atoms with van der Waals surface area (Å²) < 4.78 is 5.68. The van der Waals surface area contributed by atoms with E-state index in [1.165, 1.54) is 23.6 Å². The van der Waals surface area contributed by atoms with Crippen molar-refractivity contribution < 1.29 is 14.3 Å². The highest BCUT2D eigenvalue weighted by Crippen LogP contribution is 2.38. The molecule has 8 nitrogen and oxygen atoms in total. The zero-order valence-electron chi connectivity index (χ0n) is 19.3. The molecule has 0 aliphatic carbocycles. The summed E-state index contributed by atoms with van der Waals surface area (Å²) in [7, 11) is 18.2. The lowest BCUT2D eigenvalue weighted by Crippen LogP contribution is -2.50. The fraction of sp³-hybridized carbons (Fsp3) is 0.273. The third-order valence-electron chi connectivity index (χ3n) is 4.64. The third kappa shape index (κ3) is 6.19. The zero-order valence-corrected chi connectivity index (χ0v) is 20.1. The molecule has 2 aromatic heterocycles. The maximum atomic E-state index is 12.8. The summed E-state index contributed by atoms with van der Waals surface area (Å²) in [5.74, 6) is -0.363. The fourth-order valence-electron chi connectivity index (χ4n) is 3.03. The second-order valence-electron chi connectivity index (χ2n) is 7.91. The zero-order chi connectivity index (χ0) is 25.0. The van der Waals surface area contributed by atoms with Crippen molar-refractivity contribution in [3.63, 3.8) is 0 Å². The lowest BCUT2D eigenvalue weighted by Gasteiger charge is -2.23. The molecule has 1 aromatic carbocycles. The van der Waals surface area contributed by atoms with E-state index in [1.807, 2.05) is 24.4 Å². The van der Waals surface area contributed by atoms with Gasteiger partial charge in [-0.1, -0.05) is 25.2 Å². The minimum atomic E-state index is -1.93. The number of carbonyl (C=O) groups is 2. The van der Waals surface area contributed by atoms with Gasteiger partial charge in [0, 0.05) is 29.1 Å². The largest absolute Gasteiger partial charge is 0.494 e. The summed E-state index contributed by atoms with van der Waals surface area (Å²) in [4.78, 5) is 33.7. The first kappa shape index (κ1) is 25.4. The number of para-hydroxylation sites is 1. The van der Waals surface area contributed by atoms with Crippen molar-refractivity contribution in [1.82, 2.24) is 15.3 Å². The number of thiazole rings is 1. The highest BCUT2D eigenvalue weighted by Gasteiger charge is 2.21. The summed E-state index contributed by atoms with van der Waals surface area (Å²) in [6.45, 7) is 5.44. The molecular weight excluding hydrogens is 447 g/mol. The summed E-state index contributed by atoms with van der Waals surface area (Å²) in [5, 5.41) is 9.13. The number of methoxy groups -OCH3 is 1. The molecule has 3 N–H and O–H groups in total. The van der Waals surface area contributed by atoms with Crippen LogP contribution in [0.1, 0.15) is 29.2 Å². The molecule has 3 aromatic rings. The minimum Gasteiger partial charge on any atom is -0.494 e. The number of hydrogen-bond donors (Lipinski definition) is 3. The summed E-state index contributed by atoms with van der Waals surface area (Å²) in [6.07, 6.45) is 1.29. The van der Waals surface area contributed by atoms with Crippen LogP contribution in [0, 0.1) is 12.8 Å². The molecule has 0 unspecified atom stereocenters. The third-order valence-corrected chi connectivity index (χ3v) is 5.41. The summed E-state index contributed by atoms with van der Waals surface area (Å²) >= 11 is 1.53. The molecule has 0 atom stereocenters. The molecule has 0 saturated carbocycles. The number of pyridine rings is 1. The van der Waals surface area contributed by atoms with Gasteiger partial charge in [-0.15, -0.1) is 11.3 Å². The smallest absolute Gasteiger partial charge is 0.253 e. The predicted molar refractivity (Wildman–Crippen MR) is 137 cm³/mol. The van der Waals surface area contributed by atoms with Crippen LogP contribution in [0.3, 0.4) is 0 Å². The Bertz CT molecular complexity index is 1210. The van der Waals surface area contributed by atoms with Crippen molar-refractivity contribution in [3.8, 4) is 17.0 Å². The van der Waals surface area contributed by atoms with E-state index in [9.17, 15) is 9.59 Å². The Kier molecular flexibility index (Phi) is 7.71. The number of anilines is 3. The monoisotopic (exact) mass is 469 g/mol. The Balaban J connectivity index is 2.06. The number of nitrogens with one attached hydrogen (secondary N) is 3. The van der Waals surface area contributed by atoms with E-state index in [4.69, 9.17) is 28.3 Å². The Morgan fingerprint density at radius 2 is 1.91 bits per heavy atom. The number of aryl methyl sites for hydroxylation is 1. The number of benzene rings is 1. The highest BCUT2D eigenvalue weighted by molar-refractivity contribution is 7.09. The Morgan fingerprint density at radius 1 is 1.18 bits per heavy atom. The lowest BCUT2D eigenvalue weighted by molar-refractivity contribution is -0.118. The molecule has 3 rings (SSSR count). The van der Waals surface area contributed by atoms with E-state index < -0.39 is 11.1 Å². The van der Waals surface area contributed by atoms with Crippen LogP contribution in [0.4, 0.5) is 17.2 Å². The van der Waals surface area contributed by atoms with Gasteiger partial charge in [-0.25, -0.2) is 9.97 Å². The van der Waals surface area contributed by atoms with Gasteiger partial charge in [-0.3, -0.25) is 9.59 Å². The van der Waals surface area contributed by atoms with Gasteiger partial charge in [0.1, 0.15) is 5.82 Å². The van der Waals surface area contributed by atoms with Crippen molar-refractivity contribution in [3.05, 3.63) is 46.4 Å². The van der Waals surface area contributed by atoms with E-state index in [0.29, 0.717) is 17.1 Å². The number of nitrogens with zero attached hydrogens (tertiary/aromatic N) is 2. The van der Waals surface area contributed by atoms with Crippen molar-refractivity contribution >= 4 is 63.9 Å². The normalized spacial score (nSPS) is 11.2. The Morgan fingerprint density at radius 3 is 2.50 bits per heavy atom. The van der Waals surface area contributed by atoms with Crippen LogP contribution in [0.2, 0.25) is 0 Å². The molecule has 12 heteroatoms. The second-order valence-corrected chi connectivity index (χ2v) is 8.97. The number of ether oxygens (including phenoxy) is 1. The van der Waals surface area contributed by atoms with Gasteiger partial charge in [0.05, 0.1) is 58.3 Å². The standard InChI is InChI=1S/C22H22B3N5O3S/c1-11(2)20(31)29-18-8-16(14(9-26-18)21(32)30-22(23,24)25)28-15-7-5-6-13(19(15)33-4)17-10-34-12(3)27-17/h5-11H,1-4H3,(H,30,32)(H2,26,28,29,31). The molecule has 2 amide bonds. The van der Waals surface area contributed by atoms with Gasteiger partial charge >= 0.3 is 0 Å². The van der Waals surface area contributed by atoms with Gasteiger partial charge in [-0.05, 0) is 19.1 Å². The van der Waals surface area contributed by atoms with Gasteiger partial charge < -0.3 is 20.7 Å². The van der Waals surface area contributed by atoms with Crippen LogP contribution in [-0.2, 0) is 4.79 Å². The van der Waals surface area contributed by atoms with E-state index in [0.717, 1.165) is 16.3 Å². The van der Waals surface area contributed by atoms with Gasteiger partial charge in [-0.2, -0.15) is 0 Å². The van der Waals surface area contributed by atoms with Crippen molar-refractivity contribution in [2.24, 2.45) is 5.92 Å². The molecule has 0 saturated heterocycles. The number of amides is 2. The van der Waals surface area contributed by atoms with Crippen LogP contribution in [0.15, 0.2) is 35.8 Å². The summed E-state index contributed by atoms with van der Waals surface area (Å²) in [6, 6.07) is 7.04. The van der Waals surface area contributed by atoms with Crippen LogP contribution in [0.5, 0.6) is 5.75 Å². The molecule has 2 heterocycles. The van der Waals surface area contributed by atoms with Gasteiger partial charge in [0.15, 0.2) is 5.75 Å². The van der Waals surface area contributed by atoms with Crippen LogP contribution < -0.4 is 20.7 Å². The second kappa shape index (κ2) is 10.3. The van der Waals surface area contributed by atoms with Crippen molar-refractivity contribution in [1.29, 1.82) is 0 Å². The van der Waals surface area contributed by atoms with Gasteiger partial charge in [0.25, 0.3) is 5.91 Å². The molecule has 34 heavy (non-hydrogen) atoms. The molecule has 168 valence electrons. The first-order valence-electron chi connectivity index (χ1n) is 10.3. The molecule has 6 radical (unpaired) electrons. The molecule has 0 aliphatic heterocycles.